The molecule has 1 aromatic heterocycles. The fraction of sp³-hybridized carbons (Fsp3) is 0.111. The summed E-state index contributed by atoms with van der Waals surface area (Å²) in [5.41, 5.74) is -1.38. The van der Waals surface area contributed by atoms with Crippen molar-refractivity contribution in [2.75, 3.05) is 0 Å². The zero-order chi connectivity index (χ0) is 18.9. The molecule has 0 aliphatic carbocycles. The number of aromatic nitrogens is 1. The van der Waals surface area contributed by atoms with Gasteiger partial charge in [0.1, 0.15) is 5.82 Å². The van der Waals surface area contributed by atoms with Crippen molar-refractivity contribution in [2.24, 2.45) is 0 Å². The van der Waals surface area contributed by atoms with Crippen LogP contribution in [0.3, 0.4) is 0 Å². The van der Waals surface area contributed by atoms with Crippen LogP contribution in [0.25, 0.3) is 10.9 Å². The molecule has 8 heteroatoms. The van der Waals surface area contributed by atoms with E-state index in [4.69, 9.17) is 0 Å². The van der Waals surface area contributed by atoms with Gasteiger partial charge in [-0.3, -0.25) is 9.78 Å². The van der Waals surface area contributed by atoms with Gasteiger partial charge in [0.15, 0.2) is 0 Å². The summed E-state index contributed by atoms with van der Waals surface area (Å²) in [6, 6.07) is 9.82. The molecular formula is C18H11BrF4N2O. The first-order chi connectivity index (χ1) is 12.3. The third-order valence-electron chi connectivity index (χ3n) is 3.75. The molecule has 1 heterocycles. The van der Waals surface area contributed by atoms with Gasteiger partial charge in [-0.25, -0.2) is 4.39 Å². The molecule has 0 fully saturated rings. The van der Waals surface area contributed by atoms with Gasteiger partial charge in [-0.05, 0) is 24.3 Å². The Kier molecular flexibility index (Phi) is 4.95. The molecule has 1 N–H and O–H groups in total. The van der Waals surface area contributed by atoms with Crippen molar-refractivity contribution in [3.05, 3.63) is 75.6 Å². The lowest BCUT2D eigenvalue weighted by molar-refractivity contribution is -0.136. The number of pyridine rings is 1. The van der Waals surface area contributed by atoms with Gasteiger partial charge in [0.2, 0.25) is 0 Å². The van der Waals surface area contributed by atoms with E-state index in [9.17, 15) is 22.4 Å². The van der Waals surface area contributed by atoms with Crippen LogP contribution >= 0.6 is 15.9 Å². The lowest BCUT2D eigenvalue weighted by atomic mass is 10.0. The maximum Gasteiger partial charge on any atom is 0.417 e. The number of hydrogen-bond acceptors (Lipinski definition) is 2. The Hall–Kier alpha value is -2.48. The molecular weight excluding hydrogens is 416 g/mol. The molecule has 134 valence electrons. The Balaban J connectivity index is 1.97. The van der Waals surface area contributed by atoms with Crippen LogP contribution < -0.4 is 5.32 Å². The third kappa shape index (κ3) is 3.70. The lowest BCUT2D eigenvalue weighted by Crippen LogP contribution is -2.26. The molecule has 0 spiro atoms. The molecule has 0 atom stereocenters. The molecule has 0 aliphatic rings. The summed E-state index contributed by atoms with van der Waals surface area (Å²) >= 11 is 3.17. The van der Waals surface area contributed by atoms with Crippen LogP contribution in [0.1, 0.15) is 21.5 Å². The molecule has 3 nitrogen and oxygen atoms in total. The third-order valence-corrected chi connectivity index (χ3v) is 4.24. The maximum atomic E-state index is 13.7. The molecule has 0 radical (unpaired) electrons. The molecule has 26 heavy (non-hydrogen) atoms. The van der Waals surface area contributed by atoms with Crippen molar-refractivity contribution in [3.8, 4) is 0 Å². The first kappa shape index (κ1) is 18.3. The van der Waals surface area contributed by atoms with E-state index in [0.717, 1.165) is 6.20 Å². The second-order valence-electron chi connectivity index (χ2n) is 5.48. The minimum Gasteiger partial charge on any atom is -0.348 e. The molecule has 0 saturated heterocycles. The number of alkyl halides is 3. The van der Waals surface area contributed by atoms with Gasteiger partial charge in [-0.2, -0.15) is 13.2 Å². The minimum absolute atomic E-state index is 0.134. The van der Waals surface area contributed by atoms with Gasteiger partial charge < -0.3 is 5.32 Å². The van der Waals surface area contributed by atoms with Crippen LogP contribution in [-0.2, 0) is 12.7 Å². The topological polar surface area (TPSA) is 42.0 Å². The first-order valence-electron chi connectivity index (χ1n) is 7.44. The van der Waals surface area contributed by atoms with E-state index in [1.165, 1.54) is 36.4 Å². The van der Waals surface area contributed by atoms with E-state index < -0.39 is 29.0 Å². The highest BCUT2D eigenvalue weighted by Crippen LogP contribution is 2.36. The van der Waals surface area contributed by atoms with Gasteiger partial charge >= 0.3 is 6.18 Å². The van der Waals surface area contributed by atoms with E-state index in [2.05, 4.69) is 26.2 Å². The van der Waals surface area contributed by atoms with Crippen LogP contribution in [0.2, 0.25) is 0 Å². The van der Waals surface area contributed by atoms with Crippen LogP contribution in [0.5, 0.6) is 0 Å². The highest BCUT2D eigenvalue weighted by molar-refractivity contribution is 9.10. The number of carbonyl (C=O) groups excluding carboxylic acids is 1. The fourth-order valence-electron chi connectivity index (χ4n) is 2.57. The number of rotatable bonds is 3. The molecule has 1 amide bonds. The maximum absolute atomic E-state index is 13.7. The van der Waals surface area contributed by atoms with Gasteiger partial charge in [-0.1, -0.05) is 34.1 Å². The van der Waals surface area contributed by atoms with E-state index in [0.29, 0.717) is 4.47 Å². The highest BCUT2D eigenvalue weighted by atomic mass is 79.9. The monoisotopic (exact) mass is 426 g/mol. The smallest absolute Gasteiger partial charge is 0.348 e. The van der Waals surface area contributed by atoms with E-state index in [-0.39, 0.29) is 23.0 Å². The Morgan fingerprint density at radius 3 is 2.62 bits per heavy atom. The average Bonchev–Trinajstić information content (AvgIpc) is 2.60. The minimum atomic E-state index is -4.74. The first-order valence-corrected chi connectivity index (χ1v) is 8.24. The number of amides is 1. The van der Waals surface area contributed by atoms with Crippen molar-refractivity contribution < 1.29 is 22.4 Å². The SMILES string of the molecule is O=C(NCc1cc(Br)ccc1F)c1cnc2ccccc2c1C(F)(F)F. The second kappa shape index (κ2) is 7.03. The number of nitrogens with zero attached hydrogens (tertiary/aromatic N) is 1. The average molecular weight is 427 g/mol. The summed E-state index contributed by atoms with van der Waals surface area (Å²) in [7, 11) is 0. The number of carbonyl (C=O) groups is 1. The van der Waals surface area contributed by atoms with Crippen molar-refractivity contribution in [1.82, 2.24) is 10.3 Å². The molecule has 3 aromatic rings. The predicted octanol–water partition coefficient (Wildman–Crippen LogP) is 5.09. The van der Waals surface area contributed by atoms with Crippen molar-refractivity contribution in [1.29, 1.82) is 0 Å². The molecule has 0 unspecified atom stereocenters. The van der Waals surface area contributed by atoms with Crippen molar-refractivity contribution in [2.45, 2.75) is 12.7 Å². The summed E-state index contributed by atoms with van der Waals surface area (Å²) in [6.07, 6.45) is -3.85. The van der Waals surface area contributed by atoms with Crippen LogP contribution in [0.15, 0.2) is 53.1 Å². The standard InChI is InChI=1S/C18H11BrF4N2O/c19-11-5-6-14(20)10(7-11)8-25-17(26)13-9-24-15-4-2-1-3-12(15)16(13)18(21,22)23/h1-7,9H,8H2,(H,25,26). The summed E-state index contributed by atoms with van der Waals surface area (Å²) < 4.78 is 55.0. The zero-order valence-electron chi connectivity index (χ0n) is 13.1. The summed E-state index contributed by atoms with van der Waals surface area (Å²) in [5, 5.41) is 2.16. The number of nitrogens with one attached hydrogen (secondary N) is 1. The zero-order valence-corrected chi connectivity index (χ0v) is 14.7. The largest absolute Gasteiger partial charge is 0.417 e. The molecule has 0 aliphatic heterocycles. The Bertz CT molecular complexity index is 989. The van der Waals surface area contributed by atoms with Crippen LogP contribution in [0, 0.1) is 5.82 Å². The van der Waals surface area contributed by atoms with Gasteiger partial charge in [0.05, 0.1) is 16.6 Å². The summed E-state index contributed by atoms with van der Waals surface area (Å²) in [6.45, 7) is -0.256. The lowest BCUT2D eigenvalue weighted by Gasteiger charge is -2.15. The summed E-state index contributed by atoms with van der Waals surface area (Å²) in [4.78, 5) is 16.3. The second-order valence-corrected chi connectivity index (χ2v) is 6.40. The van der Waals surface area contributed by atoms with E-state index in [1.54, 1.807) is 6.07 Å². The van der Waals surface area contributed by atoms with Crippen molar-refractivity contribution >= 4 is 32.7 Å². The molecule has 3 rings (SSSR count). The Labute approximate surface area is 154 Å². The Morgan fingerprint density at radius 2 is 1.88 bits per heavy atom. The number of hydrogen-bond donors (Lipinski definition) is 1. The highest BCUT2D eigenvalue weighted by Gasteiger charge is 2.37. The number of para-hydroxylation sites is 1. The van der Waals surface area contributed by atoms with Gasteiger partial charge in [0, 0.05) is 28.2 Å². The van der Waals surface area contributed by atoms with Crippen molar-refractivity contribution in [3.63, 3.8) is 0 Å². The fourth-order valence-corrected chi connectivity index (χ4v) is 2.98. The normalized spacial score (nSPS) is 11.6. The van der Waals surface area contributed by atoms with Crippen LogP contribution in [0.4, 0.5) is 17.6 Å². The van der Waals surface area contributed by atoms with Gasteiger partial charge in [-0.15, -0.1) is 0 Å². The number of benzene rings is 2. The number of halogens is 5. The van der Waals surface area contributed by atoms with E-state index in [1.807, 2.05) is 0 Å². The Morgan fingerprint density at radius 1 is 1.15 bits per heavy atom. The molecule has 2 aromatic carbocycles. The quantitative estimate of drug-likeness (QED) is 0.593. The summed E-state index contributed by atoms with van der Waals surface area (Å²) in [5.74, 6) is -1.55. The van der Waals surface area contributed by atoms with E-state index >= 15 is 0 Å². The van der Waals surface area contributed by atoms with Gasteiger partial charge in [0.25, 0.3) is 5.91 Å². The predicted molar refractivity (Wildman–Crippen MR) is 92.0 cm³/mol. The number of fused-ring (bicyclic) bond motifs is 1. The van der Waals surface area contributed by atoms with Crippen LogP contribution in [-0.4, -0.2) is 10.9 Å². The molecule has 0 saturated carbocycles. The molecule has 0 bridgehead atoms.